The maximum atomic E-state index is 15.1. The second kappa shape index (κ2) is 8.26. The Labute approximate surface area is 166 Å². The van der Waals surface area contributed by atoms with Crippen LogP contribution in [0.5, 0.6) is 0 Å². The molecule has 3 aromatic carbocycles. The van der Waals surface area contributed by atoms with Crippen molar-refractivity contribution in [3.05, 3.63) is 94.6 Å². The van der Waals surface area contributed by atoms with Gasteiger partial charge >= 0.3 is 0 Å². The smallest absolute Gasteiger partial charge is 0.134 e. The van der Waals surface area contributed by atoms with Crippen molar-refractivity contribution >= 4 is 0 Å². The van der Waals surface area contributed by atoms with Gasteiger partial charge in [0.05, 0.1) is 0 Å². The molecule has 0 fully saturated rings. The summed E-state index contributed by atoms with van der Waals surface area (Å²) >= 11 is 0. The number of hydrogen-bond acceptors (Lipinski definition) is 0. The lowest BCUT2D eigenvalue weighted by molar-refractivity contribution is 0.543. The van der Waals surface area contributed by atoms with Crippen LogP contribution in [-0.4, -0.2) is 0 Å². The van der Waals surface area contributed by atoms with Gasteiger partial charge in [-0.3, -0.25) is 0 Å². The topological polar surface area (TPSA) is 0 Å². The van der Waals surface area contributed by atoms with E-state index in [0.717, 1.165) is 42.4 Å². The average molecular weight is 376 g/mol. The van der Waals surface area contributed by atoms with E-state index in [2.05, 4.69) is 37.3 Å². The highest BCUT2D eigenvalue weighted by Crippen LogP contribution is 2.37. The van der Waals surface area contributed by atoms with Gasteiger partial charge in [0.15, 0.2) is 0 Å². The van der Waals surface area contributed by atoms with E-state index in [9.17, 15) is 4.39 Å². The minimum atomic E-state index is -0.300. The highest BCUT2D eigenvalue weighted by atomic mass is 19.1. The Morgan fingerprint density at radius 2 is 1.64 bits per heavy atom. The van der Waals surface area contributed by atoms with E-state index in [-0.39, 0.29) is 11.6 Å². The Morgan fingerprint density at radius 1 is 0.893 bits per heavy atom. The summed E-state index contributed by atoms with van der Waals surface area (Å²) < 4.78 is 28.3. The summed E-state index contributed by atoms with van der Waals surface area (Å²) in [6.07, 6.45) is 6.17. The van der Waals surface area contributed by atoms with Crippen molar-refractivity contribution < 1.29 is 8.78 Å². The van der Waals surface area contributed by atoms with Crippen LogP contribution in [0.3, 0.4) is 0 Å². The predicted molar refractivity (Wildman–Crippen MR) is 112 cm³/mol. The molecule has 1 unspecified atom stereocenters. The maximum Gasteiger partial charge on any atom is 0.134 e. The molecule has 1 atom stereocenters. The summed E-state index contributed by atoms with van der Waals surface area (Å²) in [5.74, 6) is 0.00643. The van der Waals surface area contributed by atoms with Crippen LogP contribution in [0.4, 0.5) is 8.78 Å². The van der Waals surface area contributed by atoms with Gasteiger partial charge in [0.2, 0.25) is 0 Å². The first-order chi connectivity index (χ1) is 13.7. The summed E-state index contributed by atoms with van der Waals surface area (Å²) in [6.45, 7) is 2.22. The molecule has 0 saturated heterocycles. The van der Waals surface area contributed by atoms with Crippen molar-refractivity contribution in [2.24, 2.45) is 0 Å². The lowest BCUT2D eigenvalue weighted by atomic mass is 9.79. The van der Waals surface area contributed by atoms with Crippen molar-refractivity contribution in [2.45, 2.75) is 51.4 Å². The summed E-state index contributed by atoms with van der Waals surface area (Å²) in [5, 5.41) is 0. The number of unbranched alkanes of at least 4 members (excludes halogenated alkanes) is 1. The van der Waals surface area contributed by atoms with Gasteiger partial charge in [0.1, 0.15) is 11.6 Å². The summed E-state index contributed by atoms with van der Waals surface area (Å²) in [4.78, 5) is 0. The van der Waals surface area contributed by atoms with Gasteiger partial charge in [-0.2, -0.15) is 0 Å². The molecule has 144 valence electrons. The molecule has 3 aromatic rings. The molecule has 28 heavy (non-hydrogen) atoms. The first kappa shape index (κ1) is 18.9. The molecular weight excluding hydrogens is 350 g/mol. The molecule has 0 saturated carbocycles. The van der Waals surface area contributed by atoms with Crippen molar-refractivity contribution in [1.82, 2.24) is 0 Å². The molecule has 0 bridgehead atoms. The third kappa shape index (κ3) is 3.87. The number of halogens is 2. The fourth-order valence-electron chi connectivity index (χ4n) is 4.28. The van der Waals surface area contributed by atoms with Crippen molar-refractivity contribution in [2.75, 3.05) is 0 Å². The molecule has 1 aliphatic carbocycles. The monoisotopic (exact) mass is 376 g/mol. The van der Waals surface area contributed by atoms with Crippen LogP contribution >= 0.6 is 0 Å². The van der Waals surface area contributed by atoms with Gasteiger partial charge in [-0.15, -0.1) is 0 Å². The lowest BCUT2D eigenvalue weighted by Gasteiger charge is -2.26. The van der Waals surface area contributed by atoms with Gasteiger partial charge in [0, 0.05) is 5.56 Å². The third-order valence-corrected chi connectivity index (χ3v) is 5.97. The molecule has 0 heterocycles. The molecule has 0 radical (unpaired) electrons. The Kier molecular flexibility index (Phi) is 5.57. The fourth-order valence-corrected chi connectivity index (χ4v) is 4.28. The molecule has 0 spiro atoms. The highest BCUT2D eigenvalue weighted by Gasteiger charge is 2.24. The van der Waals surface area contributed by atoms with Crippen LogP contribution in [0.25, 0.3) is 11.1 Å². The van der Waals surface area contributed by atoms with E-state index in [4.69, 9.17) is 0 Å². The third-order valence-electron chi connectivity index (χ3n) is 5.97. The first-order valence-electron chi connectivity index (χ1n) is 10.3. The molecule has 0 N–H and O–H groups in total. The average Bonchev–Trinajstić information content (AvgIpc) is 2.73. The van der Waals surface area contributed by atoms with Gasteiger partial charge in [-0.1, -0.05) is 61.9 Å². The van der Waals surface area contributed by atoms with Crippen molar-refractivity contribution in [3.63, 3.8) is 0 Å². The molecule has 0 aliphatic heterocycles. The van der Waals surface area contributed by atoms with E-state index >= 15 is 4.39 Å². The second-order valence-electron chi connectivity index (χ2n) is 7.86. The molecular formula is C26H26F2. The zero-order valence-corrected chi connectivity index (χ0v) is 16.3. The van der Waals surface area contributed by atoms with Gasteiger partial charge in [-0.25, -0.2) is 8.78 Å². The fraction of sp³-hybridized carbons (Fsp3) is 0.308. The molecule has 2 heteroatoms. The van der Waals surface area contributed by atoms with Gasteiger partial charge < -0.3 is 0 Å². The predicted octanol–water partition coefficient (Wildman–Crippen LogP) is 7.25. The number of benzene rings is 3. The van der Waals surface area contributed by atoms with Crippen molar-refractivity contribution in [1.29, 1.82) is 0 Å². The normalized spacial score (nSPS) is 16.0. The second-order valence-corrected chi connectivity index (χ2v) is 7.86. The quantitative estimate of drug-likeness (QED) is 0.440. The minimum absolute atomic E-state index is 0.141. The molecule has 0 amide bonds. The van der Waals surface area contributed by atoms with Crippen LogP contribution in [0.1, 0.15) is 54.4 Å². The Bertz CT molecular complexity index is 939. The van der Waals surface area contributed by atoms with Gasteiger partial charge in [-0.05, 0) is 78.0 Å². The highest BCUT2D eigenvalue weighted by molar-refractivity contribution is 5.66. The summed E-state index contributed by atoms with van der Waals surface area (Å²) in [7, 11) is 0. The van der Waals surface area contributed by atoms with Crippen LogP contribution in [0, 0.1) is 11.6 Å². The van der Waals surface area contributed by atoms with E-state index in [1.807, 2.05) is 6.07 Å². The number of rotatable bonds is 5. The van der Waals surface area contributed by atoms with Crippen LogP contribution in [0.2, 0.25) is 0 Å². The standard InChI is InChI=1S/C26H26F2/c1-2-3-4-18-5-7-19(8-6-18)21-11-15-25-22(17-21)12-16-24(26(25)28)20-9-13-23(27)14-10-20/h5-10,12-14,16,21H,2-4,11,15,17H2,1H3. The lowest BCUT2D eigenvalue weighted by Crippen LogP contribution is -2.14. The molecule has 0 aromatic heterocycles. The molecule has 0 nitrogen and oxygen atoms in total. The van der Waals surface area contributed by atoms with Crippen molar-refractivity contribution in [3.8, 4) is 11.1 Å². The van der Waals surface area contributed by atoms with Gasteiger partial charge in [0.25, 0.3) is 0 Å². The zero-order valence-electron chi connectivity index (χ0n) is 16.3. The van der Waals surface area contributed by atoms with E-state index in [0.29, 0.717) is 11.5 Å². The Morgan fingerprint density at radius 3 is 2.36 bits per heavy atom. The van der Waals surface area contributed by atoms with E-state index < -0.39 is 0 Å². The Balaban J connectivity index is 1.54. The van der Waals surface area contributed by atoms with Crippen LogP contribution in [0.15, 0.2) is 60.7 Å². The number of hydrogen-bond donors (Lipinski definition) is 0. The zero-order chi connectivity index (χ0) is 19.5. The first-order valence-corrected chi connectivity index (χ1v) is 10.3. The molecule has 4 rings (SSSR count). The van der Waals surface area contributed by atoms with Crippen LogP contribution in [-0.2, 0) is 19.3 Å². The summed E-state index contributed by atoms with van der Waals surface area (Å²) in [5.41, 5.74) is 5.99. The van der Waals surface area contributed by atoms with E-state index in [1.54, 1.807) is 12.1 Å². The SMILES string of the molecule is CCCCc1ccc(C2CCc3c(ccc(-c4ccc(F)cc4)c3F)C2)cc1. The summed E-state index contributed by atoms with van der Waals surface area (Å²) in [6, 6.07) is 19.0. The minimum Gasteiger partial charge on any atom is -0.207 e. The van der Waals surface area contributed by atoms with E-state index in [1.165, 1.54) is 36.1 Å². The van der Waals surface area contributed by atoms with Crippen LogP contribution < -0.4 is 0 Å². The maximum absolute atomic E-state index is 15.1. The Hall–Kier alpha value is -2.48. The number of aryl methyl sites for hydroxylation is 1. The molecule has 1 aliphatic rings. The largest absolute Gasteiger partial charge is 0.207 e. The number of fused-ring (bicyclic) bond motifs is 1.